The molecule has 1 saturated heterocycles. The number of carbonyl (C=O) groups excluding carboxylic acids is 1. The van der Waals surface area contributed by atoms with Crippen molar-refractivity contribution in [1.29, 1.82) is 0 Å². The molecule has 6 nitrogen and oxygen atoms in total. The maximum Gasteiger partial charge on any atom is 0.253 e. The van der Waals surface area contributed by atoms with Crippen molar-refractivity contribution in [3.63, 3.8) is 0 Å². The van der Waals surface area contributed by atoms with Gasteiger partial charge in [0.2, 0.25) is 0 Å². The first-order chi connectivity index (χ1) is 15.1. The van der Waals surface area contributed by atoms with Crippen molar-refractivity contribution < 1.29 is 19.0 Å². The number of hydrogen-bond donors (Lipinski definition) is 1. The second-order valence-corrected chi connectivity index (χ2v) is 7.96. The molecule has 1 N–H and O–H groups in total. The Balaban J connectivity index is 1.58. The van der Waals surface area contributed by atoms with E-state index >= 15 is 0 Å². The van der Waals surface area contributed by atoms with Crippen LogP contribution in [0.1, 0.15) is 34.5 Å². The highest BCUT2D eigenvalue weighted by Gasteiger charge is 2.35. The number of methoxy groups -OCH3 is 2. The van der Waals surface area contributed by atoms with Gasteiger partial charge in [-0.1, -0.05) is 24.3 Å². The number of aromatic nitrogens is 1. The molecule has 31 heavy (non-hydrogen) atoms. The molecule has 2 aromatic carbocycles. The summed E-state index contributed by atoms with van der Waals surface area (Å²) < 4.78 is 16.3. The zero-order valence-corrected chi connectivity index (χ0v) is 18.2. The molecular weight excluding hydrogens is 392 g/mol. The van der Waals surface area contributed by atoms with Crippen LogP contribution in [0.25, 0.3) is 10.9 Å². The number of benzene rings is 2. The molecule has 0 saturated carbocycles. The van der Waals surface area contributed by atoms with Gasteiger partial charge in [-0.25, -0.2) is 4.98 Å². The van der Waals surface area contributed by atoms with E-state index in [1.54, 1.807) is 14.2 Å². The molecule has 0 aliphatic carbocycles. The average molecular weight is 421 g/mol. The van der Waals surface area contributed by atoms with Gasteiger partial charge in [0, 0.05) is 30.6 Å². The number of nitrogens with zero attached hydrogens (tertiary/aromatic N) is 1. The Morgan fingerprint density at radius 2 is 1.84 bits per heavy atom. The SMILES string of the molecule is COc1ccc(C2(CNC(=O)c3cc4cccc(OC)c4nc3C)CCOCC2)cc1. The average Bonchev–Trinajstić information content (AvgIpc) is 2.82. The summed E-state index contributed by atoms with van der Waals surface area (Å²) in [5, 5.41) is 4.05. The van der Waals surface area contributed by atoms with Crippen LogP contribution in [0.2, 0.25) is 0 Å². The van der Waals surface area contributed by atoms with E-state index in [4.69, 9.17) is 14.2 Å². The Bertz CT molecular complexity index is 1070. The molecule has 0 unspecified atom stereocenters. The number of hydrogen-bond acceptors (Lipinski definition) is 5. The molecule has 1 aliphatic heterocycles. The number of carbonyl (C=O) groups is 1. The molecule has 1 amide bonds. The lowest BCUT2D eigenvalue weighted by Gasteiger charge is -2.38. The van der Waals surface area contributed by atoms with Crippen molar-refractivity contribution in [1.82, 2.24) is 10.3 Å². The van der Waals surface area contributed by atoms with Crippen LogP contribution < -0.4 is 14.8 Å². The fourth-order valence-electron chi connectivity index (χ4n) is 4.28. The normalized spacial score (nSPS) is 15.5. The first-order valence-corrected chi connectivity index (χ1v) is 10.5. The molecular formula is C25H28N2O4. The standard InChI is InChI=1S/C25H28N2O4/c1-17-21(15-18-5-4-6-22(30-3)23(18)27-17)24(28)26-16-25(11-13-31-14-12-25)19-7-9-20(29-2)10-8-19/h4-10,15H,11-14,16H2,1-3H3,(H,26,28). The van der Waals surface area contributed by atoms with E-state index in [2.05, 4.69) is 22.4 Å². The first kappa shape index (κ1) is 21.1. The third-order valence-electron chi connectivity index (χ3n) is 6.20. The fraction of sp³-hybridized carbons (Fsp3) is 0.360. The van der Waals surface area contributed by atoms with Crippen molar-refractivity contribution in [2.45, 2.75) is 25.2 Å². The lowest BCUT2D eigenvalue weighted by atomic mass is 9.74. The Labute approximate surface area is 182 Å². The quantitative estimate of drug-likeness (QED) is 0.652. The predicted molar refractivity (Wildman–Crippen MR) is 120 cm³/mol. The van der Waals surface area contributed by atoms with E-state index in [0.717, 1.165) is 29.5 Å². The summed E-state index contributed by atoms with van der Waals surface area (Å²) in [6.45, 7) is 3.75. The minimum absolute atomic E-state index is 0.117. The fourth-order valence-corrected chi connectivity index (χ4v) is 4.28. The van der Waals surface area contributed by atoms with E-state index in [9.17, 15) is 4.79 Å². The zero-order chi connectivity index (χ0) is 21.8. The largest absolute Gasteiger partial charge is 0.497 e. The summed E-state index contributed by atoms with van der Waals surface area (Å²) in [7, 11) is 3.29. The van der Waals surface area contributed by atoms with E-state index in [1.807, 2.05) is 43.3 Å². The van der Waals surface area contributed by atoms with Crippen LogP contribution >= 0.6 is 0 Å². The molecule has 4 rings (SSSR count). The summed E-state index contributed by atoms with van der Waals surface area (Å²) >= 11 is 0. The van der Waals surface area contributed by atoms with Gasteiger partial charge in [-0.2, -0.15) is 0 Å². The first-order valence-electron chi connectivity index (χ1n) is 10.5. The predicted octanol–water partition coefficient (Wildman–Crippen LogP) is 4.04. The second-order valence-electron chi connectivity index (χ2n) is 7.96. The molecule has 6 heteroatoms. The maximum absolute atomic E-state index is 13.1. The van der Waals surface area contributed by atoms with Crippen LogP contribution in [0.5, 0.6) is 11.5 Å². The molecule has 0 radical (unpaired) electrons. The minimum atomic E-state index is -0.165. The lowest BCUT2D eigenvalue weighted by Crippen LogP contribution is -2.44. The Morgan fingerprint density at radius 1 is 1.10 bits per heavy atom. The van der Waals surface area contributed by atoms with Crippen molar-refractivity contribution >= 4 is 16.8 Å². The highest BCUT2D eigenvalue weighted by Crippen LogP contribution is 2.35. The van der Waals surface area contributed by atoms with Crippen LogP contribution in [0, 0.1) is 6.92 Å². The molecule has 0 bridgehead atoms. The highest BCUT2D eigenvalue weighted by molar-refractivity contribution is 5.99. The summed E-state index contributed by atoms with van der Waals surface area (Å²) in [4.78, 5) is 17.8. The van der Waals surface area contributed by atoms with Gasteiger partial charge < -0.3 is 19.5 Å². The molecule has 0 atom stereocenters. The third kappa shape index (κ3) is 4.21. The van der Waals surface area contributed by atoms with Crippen molar-refractivity contribution in [3.05, 3.63) is 65.4 Å². The summed E-state index contributed by atoms with van der Waals surface area (Å²) in [5.41, 5.74) is 3.05. The number of pyridine rings is 1. The molecule has 1 aromatic heterocycles. The Hall–Kier alpha value is -3.12. The maximum atomic E-state index is 13.1. The van der Waals surface area contributed by atoms with Gasteiger partial charge in [-0.15, -0.1) is 0 Å². The van der Waals surface area contributed by atoms with Gasteiger partial charge in [0.25, 0.3) is 5.91 Å². The molecule has 1 aliphatic rings. The second kappa shape index (κ2) is 8.94. The van der Waals surface area contributed by atoms with Crippen LogP contribution in [0.4, 0.5) is 0 Å². The number of ether oxygens (including phenoxy) is 3. The molecule has 3 aromatic rings. The van der Waals surface area contributed by atoms with Crippen molar-refractivity contribution in [2.24, 2.45) is 0 Å². The van der Waals surface area contributed by atoms with E-state index in [-0.39, 0.29) is 11.3 Å². The van der Waals surface area contributed by atoms with Crippen LogP contribution in [-0.2, 0) is 10.2 Å². The van der Waals surface area contributed by atoms with Crippen molar-refractivity contribution in [3.8, 4) is 11.5 Å². The summed E-state index contributed by atoms with van der Waals surface area (Å²) in [6.07, 6.45) is 1.71. The van der Waals surface area contributed by atoms with Crippen molar-refractivity contribution in [2.75, 3.05) is 34.0 Å². The van der Waals surface area contributed by atoms with Gasteiger partial charge in [0.05, 0.1) is 25.5 Å². The summed E-state index contributed by atoms with van der Waals surface area (Å²) in [6, 6.07) is 15.7. The number of amides is 1. The minimum Gasteiger partial charge on any atom is -0.497 e. The smallest absolute Gasteiger partial charge is 0.253 e. The monoisotopic (exact) mass is 420 g/mol. The summed E-state index contributed by atoms with van der Waals surface area (Å²) in [5.74, 6) is 1.41. The highest BCUT2D eigenvalue weighted by atomic mass is 16.5. The zero-order valence-electron chi connectivity index (χ0n) is 18.2. The number of nitrogens with one attached hydrogen (secondary N) is 1. The molecule has 162 valence electrons. The van der Waals surface area contributed by atoms with Gasteiger partial charge in [0.1, 0.15) is 17.0 Å². The lowest BCUT2D eigenvalue weighted by molar-refractivity contribution is 0.0487. The van der Waals surface area contributed by atoms with Crippen LogP contribution in [0.3, 0.4) is 0 Å². The Kier molecular flexibility index (Phi) is 6.09. The molecule has 0 spiro atoms. The van der Waals surface area contributed by atoms with Crippen LogP contribution in [-0.4, -0.2) is 44.9 Å². The van der Waals surface area contributed by atoms with Gasteiger partial charge >= 0.3 is 0 Å². The number of rotatable bonds is 6. The Morgan fingerprint density at radius 3 is 2.52 bits per heavy atom. The van der Waals surface area contributed by atoms with Gasteiger partial charge in [0.15, 0.2) is 0 Å². The van der Waals surface area contributed by atoms with Gasteiger partial charge in [-0.05, 0) is 49.6 Å². The number of para-hydroxylation sites is 1. The molecule has 1 fully saturated rings. The molecule has 2 heterocycles. The topological polar surface area (TPSA) is 69.7 Å². The number of fused-ring (bicyclic) bond motifs is 1. The van der Waals surface area contributed by atoms with Crippen LogP contribution in [0.15, 0.2) is 48.5 Å². The third-order valence-corrected chi connectivity index (χ3v) is 6.20. The number of aryl methyl sites for hydroxylation is 1. The van der Waals surface area contributed by atoms with Gasteiger partial charge in [-0.3, -0.25) is 4.79 Å². The van der Waals surface area contributed by atoms with E-state index in [1.165, 1.54) is 5.56 Å². The van der Waals surface area contributed by atoms with E-state index in [0.29, 0.717) is 36.8 Å². The van der Waals surface area contributed by atoms with E-state index < -0.39 is 0 Å².